The number of anilines is 1. The number of nitrogens with one attached hydrogen (secondary N) is 2. The Morgan fingerprint density at radius 1 is 1.40 bits per heavy atom. The molecule has 0 radical (unpaired) electrons. The summed E-state index contributed by atoms with van der Waals surface area (Å²) in [6.45, 7) is 5.41. The van der Waals surface area contributed by atoms with Crippen LogP contribution in [-0.2, 0) is 0 Å². The normalized spacial score (nSPS) is 12.2. The van der Waals surface area contributed by atoms with E-state index in [9.17, 15) is 9.18 Å². The maximum atomic E-state index is 13.2. The molecule has 0 saturated carbocycles. The Labute approximate surface area is 124 Å². The lowest BCUT2D eigenvalue weighted by atomic mass is 10.1. The first-order valence-corrected chi connectivity index (χ1v) is 6.97. The highest BCUT2D eigenvalue weighted by Crippen LogP contribution is 2.23. The summed E-state index contributed by atoms with van der Waals surface area (Å²) in [6, 6.07) is 4.40. The second kappa shape index (κ2) is 5.75. The fourth-order valence-electron chi connectivity index (χ4n) is 2.15. The number of hydrogen-bond acceptors (Lipinski definition) is 3. The number of benzene rings is 1. The van der Waals surface area contributed by atoms with Crippen LogP contribution >= 0.6 is 15.9 Å². The minimum atomic E-state index is -0.325. The highest BCUT2D eigenvalue weighted by molar-refractivity contribution is 9.10. The summed E-state index contributed by atoms with van der Waals surface area (Å²) in [6.07, 6.45) is 0. The van der Waals surface area contributed by atoms with Crippen LogP contribution in [0.5, 0.6) is 0 Å². The molecule has 0 aliphatic rings. The lowest BCUT2D eigenvalue weighted by Gasteiger charge is -2.17. The van der Waals surface area contributed by atoms with Gasteiger partial charge in [0.2, 0.25) is 0 Å². The van der Waals surface area contributed by atoms with Gasteiger partial charge in [-0.25, -0.2) is 9.37 Å². The SMILES string of the molecule is Cc1nc(C)c(C(C)Nc2ccc(F)c(Br)c2)c(=O)[nH]1. The fraction of sp³-hybridized carbons (Fsp3) is 0.286. The van der Waals surface area contributed by atoms with E-state index in [2.05, 4.69) is 31.2 Å². The Balaban J connectivity index is 2.30. The van der Waals surface area contributed by atoms with E-state index in [0.717, 1.165) is 5.69 Å². The third-order valence-electron chi connectivity index (χ3n) is 3.00. The van der Waals surface area contributed by atoms with Gasteiger partial charge in [-0.2, -0.15) is 0 Å². The van der Waals surface area contributed by atoms with Gasteiger partial charge < -0.3 is 10.3 Å². The van der Waals surface area contributed by atoms with Crippen molar-refractivity contribution in [1.82, 2.24) is 9.97 Å². The number of halogens is 2. The molecular weight excluding hydrogens is 325 g/mol. The molecule has 0 aliphatic carbocycles. The van der Waals surface area contributed by atoms with Crippen molar-refractivity contribution in [3.8, 4) is 0 Å². The Kier molecular flexibility index (Phi) is 4.23. The average molecular weight is 340 g/mol. The zero-order chi connectivity index (χ0) is 14.9. The zero-order valence-electron chi connectivity index (χ0n) is 11.4. The largest absolute Gasteiger partial charge is 0.378 e. The van der Waals surface area contributed by atoms with Crippen LogP contribution in [0.2, 0.25) is 0 Å². The predicted octanol–water partition coefficient (Wildman–Crippen LogP) is 3.46. The number of aryl methyl sites for hydroxylation is 2. The van der Waals surface area contributed by atoms with Crippen molar-refractivity contribution >= 4 is 21.6 Å². The monoisotopic (exact) mass is 339 g/mol. The summed E-state index contributed by atoms with van der Waals surface area (Å²) in [7, 11) is 0. The Bertz CT molecular complexity index is 699. The summed E-state index contributed by atoms with van der Waals surface area (Å²) in [5, 5.41) is 3.17. The van der Waals surface area contributed by atoms with E-state index in [1.54, 1.807) is 26.0 Å². The highest BCUT2D eigenvalue weighted by atomic mass is 79.9. The number of rotatable bonds is 3. The molecule has 2 N–H and O–H groups in total. The van der Waals surface area contributed by atoms with Crippen molar-refractivity contribution < 1.29 is 4.39 Å². The van der Waals surface area contributed by atoms with E-state index < -0.39 is 0 Å². The van der Waals surface area contributed by atoms with Crippen molar-refractivity contribution in [3.05, 3.63) is 55.9 Å². The quantitative estimate of drug-likeness (QED) is 0.900. The minimum absolute atomic E-state index is 0.156. The fourth-order valence-corrected chi connectivity index (χ4v) is 2.53. The van der Waals surface area contributed by atoms with Crippen LogP contribution in [0, 0.1) is 19.7 Å². The molecule has 1 atom stereocenters. The van der Waals surface area contributed by atoms with Crippen LogP contribution in [0.3, 0.4) is 0 Å². The molecule has 1 aromatic carbocycles. The first kappa shape index (κ1) is 14.7. The van der Waals surface area contributed by atoms with Gasteiger partial charge in [-0.15, -0.1) is 0 Å². The molecule has 6 heteroatoms. The van der Waals surface area contributed by atoms with Crippen LogP contribution in [0.4, 0.5) is 10.1 Å². The average Bonchev–Trinajstić information content (AvgIpc) is 2.32. The third kappa shape index (κ3) is 3.07. The topological polar surface area (TPSA) is 57.8 Å². The second-order valence-electron chi connectivity index (χ2n) is 4.65. The Morgan fingerprint density at radius 2 is 2.10 bits per heavy atom. The summed E-state index contributed by atoms with van der Waals surface area (Å²) in [4.78, 5) is 19.0. The lowest BCUT2D eigenvalue weighted by Crippen LogP contribution is -2.23. The van der Waals surface area contributed by atoms with Crippen molar-refractivity contribution in [2.24, 2.45) is 0 Å². The molecule has 0 bridgehead atoms. The van der Waals surface area contributed by atoms with E-state index in [0.29, 0.717) is 21.6 Å². The molecule has 0 spiro atoms. The van der Waals surface area contributed by atoms with Crippen LogP contribution in [-0.4, -0.2) is 9.97 Å². The number of H-pyrrole nitrogens is 1. The summed E-state index contributed by atoms with van der Waals surface area (Å²) < 4.78 is 13.6. The molecule has 0 fully saturated rings. The summed E-state index contributed by atoms with van der Waals surface area (Å²) in [5.41, 5.74) is 1.84. The van der Waals surface area contributed by atoms with Crippen LogP contribution in [0.1, 0.15) is 30.0 Å². The van der Waals surface area contributed by atoms with Gasteiger partial charge in [0.25, 0.3) is 5.56 Å². The highest BCUT2D eigenvalue weighted by Gasteiger charge is 2.15. The molecule has 0 saturated heterocycles. The van der Waals surface area contributed by atoms with Crippen molar-refractivity contribution in [3.63, 3.8) is 0 Å². The third-order valence-corrected chi connectivity index (χ3v) is 3.61. The molecule has 2 rings (SSSR count). The molecule has 106 valence electrons. The molecule has 4 nitrogen and oxygen atoms in total. The van der Waals surface area contributed by atoms with Crippen LogP contribution < -0.4 is 10.9 Å². The molecule has 2 aromatic rings. The van der Waals surface area contributed by atoms with Crippen molar-refractivity contribution in [1.29, 1.82) is 0 Å². The van der Waals surface area contributed by atoms with E-state index in [-0.39, 0.29) is 17.4 Å². The molecule has 0 amide bonds. The zero-order valence-corrected chi connectivity index (χ0v) is 13.0. The smallest absolute Gasteiger partial charge is 0.256 e. The van der Waals surface area contributed by atoms with Gasteiger partial charge >= 0.3 is 0 Å². The second-order valence-corrected chi connectivity index (χ2v) is 5.50. The Hall–Kier alpha value is -1.69. The van der Waals surface area contributed by atoms with Gasteiger partial charge in [-0.3, -0.25) is 4.79 Å². The molecule has 1 heterocycles. The molecule has 1 unspecified atom stereocenters. The molecule has 1 aromatic heterocycles. The summed E-state index contributed by atoms with van der Waals surface area (Å²) >= 11 is 3.14. The maximum Gasteiger partial charge on any atom is 0.256 e. The number of hydrogen-bond donors (Lipinski definition) is 2. The van der Waals surface area contributed by atoms with Gasteiger partial charge in [-0.05, 0) is 54.9 Å². The Morgan fingerprint density at radius 3 is 2.70 bits per heavy atom. The van der Waals surface area contributed by atoms with Crippen molar-refractivity contribution in [2.75, 3.05) is 5.32 Å². The van der Waals surface area contributed by atoms with Crippen LogP contribution in [0.15, 0.2) is 27.5 Å². The minimum Gasteiger partial charge on any atom is -0.378 e. The van der Waals surface area contributed by atoms with E-state index in [1.807, 2.05) is 6.92 Å². The molecule has 0 aliphatic heterocycles. The number of aromatic nitrogens is 2. The van der Waals surface area contributed by atoms with Gasteiger partial charge in [0.1, 0.15) is 11.6 Å². The molecular formula is C14H15BrFN3O. The van der Waals surface area contributed by atoms with Crippen LogP contribution in [0.25, 0.3) is 0 Å². The molecule has 20 heavy (non-hydrogen) atoms. The maximum absolute atomic E-state index is 13.2. The van der Waals surface area contributed by atoms with Gasteiger partial charge in [0, 0.05) is 5.69 Å². The predicted molar refractivity (Wildman–Crippen MR) is 80.5 cm³/mol. The van der Waals surface area contributed by atoms with E-state index in [1.165, 1.54) is 6.07 Å². The summed E-state index contributed by atoms with van der Waals surface area (Å²) in [5.74, 6) is 0.266. The number of aromatic amines is 1. The number of nitrogens with zero attached hydrogens (tertiary/aromatic N) is 1. The van der Waals surface area contributed by atoms with E-state index >= 15 is 0 Å². The first-order chi connectivity index (χ1) is 9.38. The standard InChI is InChI=1S/C14H15BrFN3O/c1-7-13(14(20)19-9(3)17-7)8(2)18-10-4-5-12(16)11(15)6-10/h4-6,8,18H,1-3H3,(H,17,19,20). The van der Waals surface area contributed by atoms with Gasteiger partial charge in [-0.1, -0.05) is 0 Å². The van der Waals surface area contributed by atoms with Crippen molar-refractivity contribution in [2.45, 2.75) is 26.8 Å². The van der Waals surface area contributed by atoms with Gasteiger partial charge in [0.15, 0.2) is 0 Å². The van der Waals surface area contributed by atoms with E-state index in [4.69, 9.17) is 0 Å². The lowest BCUT2D eigenvalue weighted by molar-refractivity contribution is 0.621. The first-order valence-electron chi connectivity index (χ1n) is 6.17. The van der Waals surface area contributed by atoms with Gasteiger partial charge in [0.05, 0.1) is 21.8 Å².